The number of nitrogens with one attached hydrogen (secondary N) is 1. The summed E-state index contributed by atoms with van der Waals surface area (Å²) in [6, 6.07) is 2.15. The summed E-state index contributed by atoms with van der Waals surface area (Å²) < 4.78 is 24.6. The molecule has 0 spiro atoms. The molecule has 1 aromatic carbocycles. The Morgan fingerprint density at radius 1 is 1.13 bits per heavy atom. The lowest BCUT2D eigenvalue weighted by Crippen LogP contribution is -2.14. The molecule has 0 saturated heterocycles. The van der Waals surface area contributed by atoms with Crippen molar-refractivity contribution >= 4 is 22.6 Å². The number of nitrogens with zero attached hydrogens (tertiary/aromatic N) is 2. The largest absolute Gasteiger partial charge is 0.493 e. The fraction of sp³-hybridized carbons (Fsp3) is 0.545. The van der Waals surface area contributed by atoms with Gasteiger partial charge in [0, 0.05) is 5.56 Å². The van der Waals surface area contributed by atoms with Crippen LogP contribution in [0.1, 0.15) is 67.9 Å². The quantitative estimate of drug-likeness (QED) is 0.686. The normalized spacial score (nSPS) is 20.7. The van der Waals surface area contributed by atoms with Crippen LogP contribution in [0.25, 0.3) is 0 Å². The second kappa shape index (κ2) is 8.18. The van der Waals surface area contributed by atoms with Crippen molar-refractivity contribution in [3.05, 3.63) is 27.5 Å². The number of aromatic amines is 1. The molecular formula is C22H27N3O5S. The van der Waals surface area contributed by atoms with E-state index in [4.69, 9.17) is 23.9 Å². The molecule has 0 bridgehead atoms. The van der Waals surface area contributed by atoms with E-state index in [0.29, 0.717) is 28.6 Å². The Bertz CT molecular complexity index is 1080. The molecule has 2 aliphatic heterocycles. The van der Waals surface area contributed by atoms with Crippen molar-refractivity contribution in [2.24, 2.45) is 4.99 Å². The van der Waals surface area contributed by atoms with Crippen LogP contribution in [-0.4, -0.2) is 35.8 Å². The van der Waals surface area contributed by atoms with Crippen molar-refractivity contribution in [2.75, 3.05) is 21.0 Å². The van der Waals surface area contributed by atoms with Crippen LogP contribution in [0.5, 0.6) is 23.0 Å². The van der Waals surface area contributed by atoms with Gasteiger partial charge >= 0.3 is 0 Å². The van der Waals surface area contributed by atoms with E-state index in [2.05, 4.69) is 5.10 Å². The second-order valence-electron chi connectivity index (χ2n) is 8.09. The minimum Gasteiger partial charge on any atom is -0.493 e. The smallest absolute Gasteiger partial charge is 0.271 e. The molecule has 31 heavy (non-hydrogen) atoms. The van der Waals surface area contributed by atoms with Gasteiger partial charge in [0.1, 0.15) is 0 Å². The average molecular weight is 446 g/mol. The van der Waals surface area contributed by atoms with Gasteiger partial charge < -0.3 is 18.9 Å². The zero-order chi connectivity index (χ0) is 21.5. The Morgan fingerprint density at radius 2 is 1.87 bits per heavy atom. The predicted octanol–water partition coefficient (Wildman–Crippen LogP) is 4.70. The first-order valence-electron chi connectivity index (χ1n) is 10.7. The maximum atomic E-state index is 13.2. The van der Waals surface area contributed by atoms with Crippen molar-refractivity contribution in [1.29, 1.82) is 0 Å². The average Bonchev–Trinajstić information content (AvgIpc) is 3.27. The zero-order valence-corrected chi connectivity index (χ0v) is 18.8. The summed E-state index contributed by atoms with van der Waals surface area (Å²) in [7, 11) is 3.19. The van der Waals surface area contributed by atoms with Crippen molar-refractivity contribution in [2.45, 2.75) is 56.7 Å². The van der Waals surface area contributed by atoms with Crippen LogP contribution < -0.4 is 24.5 Å². The van der Waals surface area contributed by atoms with Crippen molar-refractivity contribution in [1.82, 2.24) is 9.78 Å². The molecule has 8 nitrogen and oxygen atoms in total. The van der Waals surface area contributed by atoms with Gasteiger partial charge in [-0.15, -0.1) is 0 Å². The van der Waals surface area contributed by atoms with Gasteiger partial charge in [-0.1, -0.05) is 37.4 Å². The van der Waals surface area contributed by atoms with Gasteiger partial charge in [-0.05, 0) is 25.8 Å². The van der Waals surface area contributed by atoms with E-state index >= 15 is 0 Å². The summed E-state index contributed by atoms with van der Waals surface area (Å²) in [5.74, 6) is 2.90. The van der Waals surface area contributed by atoms with Crippen LogP contribution in [-0.2, 0) is 0 Å². The molecule has 5 rings (SSSR count). The van der Waals surface area contributed by atoms with Gasteiger partial charge in [0.15, 0.2) is 17.3 Å². The van der Waals surface area contributed by atoms with Crippen LogP contribution >= 0.6 is 11.8 Å². The number of aromatic nitrogens is 2. The minimum atomic E-state index is -0.290. The van der Waals surface area contributed by atoms with Crippen LogP contribution in [0, 0.1) is 0 Å². The molecule has 2 aromatic rings. The summed E-state index contributed by atoms with van der Waals surface area (Å²) in [4.78, 5) is 18.0. The molecule has 0 radical (unpaired) electrons. The van der Waals surface area contributed by atoms with E-state index < -0.39 is 0 Å². The molecule has 1 aromatic heterocycles. The van der Waals surface area contributed by atoms with E-state index in [0.717, 1.165) is 29.3 Å². The molecule has 9 heteroatoms. The third kappa shape index (κ3) is 3.39. The molecule has 3 heterocycles. The van der Waals surface area contributed by atoms with Gasteiger partial charge in [-0.2, -0.15) is 0 Å². The Labute approximate surface area is 184 Å². The lowest BCUT2D eigenvalue weighted by molar-refractivity contribution is 0.168. The highest BCUT2D eigenvalue weighted by molar-refractivity contribution is 8.14. The second-order valence-corrected chi connectivity index (χ2v) is 9.39. The maximum Gasteiger partial charge on any atom is 0.271 e. The van der Waals surface area contributed by atoms with E-state index in [1.54, 1.807) is 14.2 Å². The lowest BCUT2D eigenvalue weighted by atomic mass is 10.0. The number of H-pyrrole nitrogens is 1. The van der Waals surface area contributed by atoms with Gasteiger partial charge in [0.05, 0.1) is 36.1 Å². The van der Waals surface area contributed by atoms with E-state index in [1.807, 2.05) is 17.7 Å². The molecule has 3 aliphatic rings. The molecule has 1 N–H and O–H groups in total. The van der Waals surface area contributed by atoms with Crippen molar-refractivity contribution in [3.8, 4) is 23.0 Å². The SMILES string of the molecule is COc1cc(C2SC(C)=Nc3c2c(=O)[nH]n3C2CCCCCC2)c(OC)c2c1OCO2. The van der Waals surface area contributed by atoms with E-state index in [9.17, 15) is 4.79 Å². The molecule has 166 valence electrons. The predicted molar refractivity (Wildman–Crippen MR) is 120 cm³/mol. The zero-order valence-electron chi connectivity index (χ0n) is 18.0. The number of fused-ring (bicyclic) bond motifs is 2. The molecule has 1 aliphatic carbocycles. The van der Waals surface area contributed by atoms with Crippen LogP contribution in [0.4, 0.5) is 5.82 Å². The number of benzene rings is 1. The first-order valence-corrected chi connectivity index (χ1v) is 11.6. The summed E-state index contributed by atoms with van der Waals surface area (Å²) in [5, 5.41) is 3.71. The maximum absolute atomic E-state index is 13.2. The Hall–Kier alpha value is -2.55. The molecule has 0 amide bonds. The number of hydrogen-bond donors (Lipinski definition) is 1. The van der Waals surface area contributed by atoms with Crippen molar-refractivity contribution < 1.29 is 18.9 Å². The molecule has 1 atom stereocenters. The topological polar surface area (TPSA) is 87.1 Å². The minimum absolute atomic E-state index is 0.105. The number of aliphatic imine (C=N–C) groups is 1. The highest BCUT2D eigenvalue weighted by Crippen LogP contribution is 2.55. The van der Waals surface area contributed by atoms with Gasteiger partial charge in [-0.25, -0.2) is 4.99 Å². The van der Waals surface area contributed by atoms with Crippen molar-refractivity contribution in [3.63, 3.8) is 0 Å². The number of ether oxygens (including phenoxy) is 4. The van der Waals surface area contributed by atoms with Gasteiger partial charge in [0.2, 0.25) is 18.3 Å². The molecular weight excluding hydrogens is 418 g/mol. The highest BCUT2D eigenvalue weighted by Gasteiger charge is 2.37. The van der Waals surface area contributed by atoms with E-state index in [1.165, 1.54) is 37.4 Å². The number of hydrogen-bond acceptors (Lipinski definition) is 7. The van der Waals surface area contributed by atoms with Crippen LogP contribution in [0.15, 0.2) is 15.9 Å². The fourth-order valence-electron chi connectivity index (χ4n) is 4.80. The Balaban J connectivity index is 1.66. The third-order valence-electron chi connectivity index (χ3n) is 6.24. The summed E-state index contributed by atoms with van der Waals surface area (Å²) in [6.07, 6.45) is 6.97. The van der Waals surface area contributed by atoms with Gasteiger partial charge in [-0.3, -0.25) is 14.6 Å². The first kappa shape index (κ1) is 20.4. The summed E-state index contributed by atoms with van der Waals surface area (Å²) in [6.45, 7) is 2.08. The monoisotopic (exact) mass is 445 g/mol. The van der Waals surface area contributed by atoms with Gasteiger partial charge in [0.25, 0.3) is 5.56 Å². The number of rotatable bonds is 4. The first-order chi connectivity index (χ1) is 15.1. The number of methoxy groups -OCH3 is 2. The molecule has 1 fully saturated rings. The number of thioether (sulfide) groups is 1. The fourth-order valence-corrected chi connectivity index (χ4v) is 5.91. The molecule has 1 saturated carbocycles. The standard InChI is InChI=1S/C22H27N3O5S/c1-12-23-21-16(22(26)24-25(21)13-8-6-4-5-7-9-13)20(31-12)14-10-15(27-2)18-19(17(14)28-3)30-11-29-18/h10,13,20H,4-9,11H2,1-3H3,(H,24,26). The van der Waals surface area contributed by atoms with Crippen LogP contribution in [0.3, 0.4) is 0 Å². The van der Waals surface area contributed by atoms with Crippen LogP contribution in [0.2, 0.25) is 0 Å². The Kier molecular flexibility index (Phi) is 5.37. The lowest BCUT2D eigenvalue weighted by Gasteiger charge is -2.25. The molecule has 1 unspecified atom stereocenters. The Morgan fingerprint density at radius 3 is 2.58 bits per heavy atom. The van der Waals surface area contributed by atoms with E-state index in [-0.39, 0.29) is 23.6 Å². The third-order valence-corrected chi connectivity index (χ3v) is 7.40. The highest BCUT2D eigenvalue weighted by atomic mass is 32.2. The summed E-state index contributed by atoms with van der Waals surface area (Å²) >= 11 is 1.54. The summed E-state index contributed by atoms with van der Waals surface area (Å²) in [5.41, 5.74) is 1.36.